The molecular formula is C12H19N5. The SMILES string of the molecule is CCn1nc(NCc2ccnn2CC)cc1C. The standard InChI is InChI=1S/C12H19N5/c1-4-16-10(3)8-12(15-16)13-9-11-6-7-14-17(11)5-2/h6-8H,4-5,9H2,1-3H3,(H,13,15). The van der Waals surface area contributed by atoms with Crippen molar-refractivity contribution >= 4 is 5.82 Å². The summed E-state index contributed by atoms with van der Waals surface area (Å²) in [4.78, 5) is 0. The molecule has 0 aliphatic carbocycles. The molecule has 0 fully saturated rings. The fraction of sp³-hybridized carbons (Fsp3) is 0.500. The number of nitrogens with one attached hydrogen (secondary N) is 1. The van der Waals surface area contributed by atoms with Crippen LogP contribution in [0.1, 0.15) is 25.2 Å². The molecule has 17 heavy (non-hydrogen) atoms. The summed E-state index contributed by atoms with van der Waals surface area (Å²) in [6.07, 6.45) is 1.83. The molecule has 0 atom stereocenters. The van der Waals surface area contributed by atoms with Gasteiger partial charge in [-0.3, -0.25) is 9.36 Å². The number of hydrogen-bond donors (Lipinski definition) is 1. The summed E-state index contributed by atoms with van der Waals surface area (Å²) >= 11 is 0. The molecule has 2 aromatic heterocycles. The molecule has 92 valence electrons. The van der Waals surface area contributed by atoms with Crippen LogP contribution in [-0.4, -0.2) is 19.6 Å². The lowest BCUT2D eigenvalue weighted by molar-refractivity contribution is 0.624. The van der Waals surface area contributed by atoms with Gasteiger partial charge in [0.05, 0.1) is 12.2 Å². The number of anilines is 1. The molecule has 5 heteroatoms. The molecule has 0 amide bonds. The Morgan fingerprint density at radius 3 is 2.65 bits per heavy atom. The van der Waals surface area contributed by atoms with Gasteiger partial charge in [0.1, 0.15) is 5.82 Å². The fourth-order valence-corrected chi connectivity index (χ4v) is 1.89. The Bertz CT molecular complexity index is 483. The van der Waals surface area contributed by atoms with Crippen LogP contribution in [-0.2, 0) is 19.6 Å². The Kier molecular flexibility index (Phi) is 3.46. The Balaban J connectivity index is 2.02. The first-order valence-corrected chi connectivity index (χ1v) is 6.03. The van der Waals surface area contributed by atoms with E-state index < -0.39 is 0 Å². The van der Waals surface area contributed by atoms with Gasteiger partial charge in [0.25, 0.3) is 0 Å². The number of rotatable bonds is 5. The molecule has 2 rings (SSSR count). The maximum atomic E-state index is 4.46. The largest absolute Gasteiger partial charge is 0.363 e. The second-order valence-corrected chi connectivity index (χ2v) is 3.98. The molecule has 0 saturated heterocycles. The van der Waals surface area contributed by atoms with E-state index in [9.17, 15) is 0 Å². The molecule has 5 nitrogen and oxygen atoms in total. The molecule has 0 unspecified atom stereocenters. The van der Waals surface area contributed by atoms with E-state index in [1.807, 2.05) is 21.6 Å². The van der Waals surface area contributed by atoms with Crippen molar-refractivity contribution < 1.29 is 0 Å². The van der Waals surface area contributed by atoms with Gasteiger partial charge >= 0.3 is 0 Å². The predicted molar refractivity (Wildman–Crippen MR) is 67.9 cm³/mol. The van der Waals surface area contributed by atoms with Gasteiger partial charge in [-0.2, -0.15) is 10.2 Å². The summed E-state index contributed by atoms with van der Waals surface area (Å²) in [7, 11) is 0. The van der Waals surface area contributed by atoms with E-state index in [4.69, 9.17) is 0 Å². The zero-order valence-electron chi connectivity index (χ0n) is 10.6. The monoisotopic (exact) mass is 233 g/mol. The van der Waals surface area contributed by atoms with Crippen molar-refractivity contribution in [2.45, 2.75) is 40.4 Å². The zero-order chi connectivity index (χ0) is 12.3. The van der Waals surface area contributed by atoms with Crippen LogP contribution in [0.3, 0.4) is 0 Å². The van der Waals surface area contributed by atoms with E-state index in [1.165, 1.54) is 11.4 Å². The highest BCUT2D eigenvalue weighted by molar-refractivity contribution is 5.36. The maximum Gasteiger partial charge on any atom is 0.148 e. The summed E-state index contributed by atoms with van der Waals surface area (Å²) in [6.45, 7) is 8.81. The van der Waals surface area contributed by atoms with Gasteiger partial charge in [0.2, 0.25) is 0 Å². The van der Waals surface area contributed by atoms with Crippen molar-refractivity contribution in [2.24, 2.45) is 0 Å². The van der Waals surface area contributed by atoms with Crippen LogP contribution in [0.5, 0.6) is 0 Å². The number of hydrogen-bond acceptors (Lipinski definition) is 3. The third-order valence-corrected chi connectivity index (χ3v) is 2.84. The molecule has 2 aromatic rings. The minimum atomic E-state index is 0.758. The van der Waals surface area contributed by atoms with Gasteiger partial charge in [0.15, 0.2) is 0 Å². The normalized spacial score (nSPS) is 10.8. The quantitative estimate of drug-likeness (QED) is 0.859. The molecule has 1 N–H and O–H groups in total. The van der Waals surface area contributed by atoms with E-state index in [0.29, 0.717) is 0 Å². The van der Waals surface area contributed by atoms with Crippen LogP contribution < -0.4 is 5.32 Å². The Morgan fingerprint density at radius 1 is 1.24 bits per heavy atom. The average Bonchev–Trinajstić information content (AvgIpc) is 2.92. The minimum absolute atomic E-state index is 0.758. The summed E-state index contributed by atoms with van der Waals surface area (Å²) in [6, 6.07) is 4.09. The van der Waals surface area contributed by atoms with Crippen LogP contribution in [0, 0.1) is 6.92 Å². The molecule has 0 saturated carbocycles. The summed E-state index contributed by atoms with van der Waals surface area (Å²) < 4.78 is 3.97. The van der Waals surface area contributed by atoms with Crippen molar-refractivity contribution in [3.8, 4) is 0 Å². The molecule has 0 aliphatic rings. The predicted octanol–water partition coefficient (Wildman–Crippen LogP) is 2.04. The molecule has 0 aromatic carbocycles. The van der Waals surface area contributed by atoms with E-state index in [2.05, 4.69) is 42.4 Å². The second-order valence-electron chi connectivity index (χ2n) is 3.98. The Morgan fingerprint density at radius 2 is 2.00 bits per heavy atom. The van der Waals surface area contributed by atoms with Gasteiger partial charge in [0, 0.05) is 31.0 Å². The van der Waals surface area contributed by atoms with Crippen LogP contribution in [0.4, 0.5) is 5.82 Å². The number of aryl methyl sites for hydroxylation is 3. The first-order chi connectivity index (χ1) is 8.24. The fourth-order valence-electron chi connectivity index (χ4n) is 1.89. The summed E-state index contributed by atoms with van der Waals surface area (Å²) in [5, 5.41) is 12.0. The first kappa shape index (κ1) is 11.7. The average molecular weight is 233 g/mol. The van der Waals surface area contributed by atoms with Gasteiger partial charge in [-0.1, -0.05) is 0 Å². The third kappa shape index (κ3) is 2.49. The third-order valence-electron chi connectivity index (χ3n) is 2.84. The minimum Gasteiger partial charge on any atom is -0.363 e. The lowest BCUT2D eigenvalue weighted by atomic mass is 10.4. The topological polar surface area (TPSA) is 47.7 Å². The Labute approximate surface area is 101 Å². The van der Waals surface area contributed by atoms with Crippen molar-refractivity contribution in [2.75, 3.05) is 5.32 Å². The zero-order valence-corrected chi connectivity index (χ0v) is 10.6. The summed E-state index contributed by atoms with van der Waals surface area (Å²) in [5.74, 6) is 0.924. The molecule has 2 heterocycles. The van der Waals surface area contributed by atoms with Crippen molar-refractivity contribution in [3.63, 3.8) is 0 Å². The van der Waals surface area contributed by atoms with E-state index in [1.54, 1.807) is 0 Å². The van der Waals surface area contributed by atoms with Crippen LogP contribution in [0.2, 0.25) is 0 Å². The molecule has 0 spiro atoms. The molecular weight excluding hydrogens is 214 g/mol. The number of aromatic nitrogens is 4. The summed E-state index contributed by atoms with van der Waals surface area (Å²) in [5.41, 5.74) is 2.36. The van der Waals surface area contributed by atoms with E-state index >= 15 is 0 Å². The lowest BCUT2D eigenvalue weighted by Gasteiger charge is -2.05. The first-order valence-electron chi connectivity index (χ1n) is 6.03. The molecule has 0 aliphatic heterocycles. The van der Waals surface area contributed by atoms with E-state index in [0.717, 1.165) is 25.5 Å². The highest BCUT2D eigenvalue weighted by atomic mass is 15.3. The van der Waals surface area contributed by atoms with Crippen LogP contribution in [0.15, 0.2) is 18.3 Å². The molecule has 0 bridgehead atoms. The van der Waals surface area contributed by atoms with Crippen LogP contribution in [0.25, 0.3) is 0 Å². The smallest absolute Gasteiger partial charge is 0.148 e. The van der Waals surface area contributed by atoms with E-state index in [-0.39, 0.29) is 0 Å². The van der Waals surface area contributed by atoms with Gasteiger partial charge < -0.3 is 5.32 Å². The van der Waals surface area contributed by atoms with Crippen molar-refractivity contribution in [3.05, 3.63) is 29.7 Å². The van der Waals surface area contributed by atoms with Gasteiger partial charge in [-0.15, -0.1) is 0 Å². The van der Waals surface area contributed by atoms with Crippen molar-refractivity contribution in [1.29, 1.82) is 0 Å². The second kappa shape index (κ2) is 5.03. The Hall–Kier alpha value is -1.78. The van der Waals surface area contributed by atoms with Gasteiger partial charge in [-0.25, -0.2) is 0 Å². The highest BCUT2D eigenvalue weighted by Crippen LogP contribution is 2.10. The number of nitrogens with zero attached hydrogens (tertiary/aromatic N) is 4. The molecule has 0 radical (unpaired) electrons. The maximum absolute atomic E-state index is 4.46. The van der Waals surface area contributed by atoms with Gasteiger partial charge in [-0.05, 0) is 26.8 Å². The van der Waals surface area contributed by atoms with Crippen LogP contribution >= 0.6 is 0 Å². The van der Waals surface area contributed by atoms with Crippen molar-refractivity contribution in [1.82, 2.24) is 19.6 Å². The lowest BCUT2D eigenvalue weighted by Crippen LogP contribution is -2.08. The highest BCUT2D eigenvalue weighted by Gasteiger charge is 2.04.